The Morgan fingerprint density at radius 1 is 0.621 bits per heavy atom. The average molecular weight is 1080 g/mol. The molecule has 5 rings (SSSR count). The summed E-state index contributed by atoms with van der Waals surface area (Å²) < 4.78 is 20.4. The maximum Gasteiger partial charge on any atom is 0.334 e. The standard InChI is InChI=1S/C17H26N2O5S4.C15H17NO8S2.C7H15NS2.CH3F/c20-14(18-8-2-1-3-13-11-27-28-12-13)6-9-25-26-10-7-17(23)24-19-15(21)4-5-16(19)22;17-9-1-2-10(18)15(9)23-13(21)5-7-25-26-8-6-14(22)24-16-11(19)3-4-12(16)20;8-4-2-1-3-7-5-9-10-6-7;1-2/h13H,1-12H2,(H,18,20);15H,1-8H2;7H,1-6,8H2;1H3/i;;;1D. The number of amides is 5. The van der Waals surface area contributed by atoms with Crippen molar-refractivity contribution in [3.8, 4) is 0 Å². The average Bonchev–Trinajstić information content (AvgIpc) is 4.17. The van der Waals surface area contributed by atoms with Gasteiger partial charge in [-0.2, -0.15) is 0 Å². The van der Waals surface area contributed by atoms with Crippen LogP contribution in [0.2, 0.25) is 0 Å². The van der Waals surface area contributed by atoms with Crippen molar-refractivity contribution in [2.24, 2.45) is 17.6 Å². The Balaban J connectivity index is 0.000000365. The van der Waals surface area contributed by atoms with E-state index in [-0.39, 0.29) is 75.3 Å². The molecule has 374 valence electrons. The van der Waals surface area contributed by atoms with Crippen LogP contribution in [0.1, 0.15) is 104 Å². The van der Waals surface area contributed by atoms with E-state index in [0.717, 1.165) is 31.3 Å². The fraction of sp³-hybridized carbons (Fsp3) is 0.750. The number of unbranched alkanes of at least 4 members (excludes halogenated alkanes) is 2. The van der Waals surface area contributed by atoms with Gasteiger partial charge < -0.3 is 25.5 Å². The number of hydrogen-bond acceptors (Lipinski definition) is 22. The van der Waals surface area contributed by atoms with Crippen molar-refractivity contribution in [2.45, 2.75) is 109 Å². The maximum atomic E-state index is 11.8. The van der Waals surface area contributed by atoms with Gasteiger partial charge in [0.25, 0.3) is 23.6 Å². The number of carbonyl (C=O) groups excluding carboxylic acids is 10. The van der Waals surface area contributed by atoms with Gasteiger partial charge >= 0.3 is 17.9 Å². The molecular formula is C40H61FN4O13S8. The zero-order chi connectivity index (χ0) is 49.2. The molecule has 0 aromatic rings. The molecule has 4 aliphatic heterocycles. The summed E-state index contributed by atoms with van der Waals surface area (Å²) in [7, 11) is 12.6. The van der Waals surface area contributed by atoms with Crippen molar-refractivity contribution in [2.75, 3.05) is 66.3 Å². The summed E-state index contributed by atoms with van der Waals surface area (Å²) in [4.78, 5) is 124. The first kappa shape index (κ1) is 58.5. The summed E-state index contributed by atoms with van der Waals surface area (Å²) in [6, 6.07) is 0. The second-order valence-corrected chi connectivity index (χ2v) is 25.2. The third-order valence-corrected chi connectivity index (χ3v) is 19.6. The quantitative estimate of drug-likeness (QED) is 0.0314. The van der Waals surface area contributed by atoms with Crippen LogP contribution >= 0.6 is 86.4 Å². The fourth-order valence-electron chi connectivity index (χ4n) is 5.82. The minimum absolute atomic E-state index is 0.00422. The van der Waals surface area contributed by atoms with Crippen molar-refractivity contribution >= 4 is 145 Å². The number of alkyl halides is 1. The second-order valence-electron chi connectivity index (χ2n) is 14.7. The van der Waals surface area contributed by atoms with Crippen LogP contribution in [0, 0.1) is 11.8 Å². The molecule has 3 N–H and O–H groups in total. The summed E-state index contributed by atoms with van der Waals surface area (Å²) in [5.74, 6) is 4.48. The number of nitrogens with two attached hydrogens (primary N) is 1. The summed E-state index contributed by atoms with van der Waals surface area (Å²) in [6.07, 6.45) is 7.28. The number of nitrogens with zero attached hydrogens (tertiary/aromatic N) is 2. The van der Waals surface area contributed by atoms with Crippen LogP contribution in [0.15, 0.2) is 0 Å². The SMILES string of the molecule is NCCCCC1CSSC1.O=C(CCSSCCC(=O)ON1C(=O)CCC1=O)NCCCCC1CSSC1.O=C(CCSSCCC(=O)ON1C(=O)CCC1=O)OC1C(=O)CCC1=O.[2H]CF. The van der Waals surface area contributed by atoms with Crippen LogP contribution in [0.3, 0.4) is 0 Å². The van der Waals surface area contributed by atoms with Crippen LogP contribution in [0.25, 0.3) is 0 Å². The van der Waals surface area contributed by atoms with E-state index in [1.807, 2.05) is 43.2 Å². The van der Waals surface area contributed by atoms with Crippen molar-refractivity contribution in [1.29, 1.82) is 0 Å². The third kappa shape index (κ3) is 26.2. The number of hydrogen-bond donors (Lipinski definition) is 2. The number of carbonyl (C=O) groups is 10. The molecule has 0 bridgehead atoms. The van der Waals surface area contributed by atoms with Gasteiger partial charge in [0.05, 0.1) is 27.8 Å². The maximum absolute atomic E-state index is 11.8. The first-order chi connectivity index (χ1) is 32.3. The highest BCUT2D eigenvalue weighted by atomic mass is 33.1. The fourth-order valence-corrected chi connectivity index (χ4v) is 15.8. The number of imide groups is 2. The van der Waals surface area contributed by atoms with Crippen LogP contribution in [-0.2, 0) is 62.4 Å². The largest absolute Gasteiger partial charge is 0.446 e. The molecule has 5 aliphatic rings. The summed E-state index contributed by atoms with van der Waals surface area (Å²) in [5.41, 5.74) is 5.40. The lowest BCUT2D eigenvalue weighted by molar-refractivity contribution is -0.197. The zero-order valence-electron chi connectivity index (χ0n) is 37.7. The van der Waals surface area contributed by atoms with Gasteiger partial charge in [-0.3, -0.25) is 42.7 Å². The molecule has 26 heteroatoms. The molecule has 4 saturated heterocycles. The number of Topliss-reactive ketones (excluding diaryl/α,β-unsaturated/α-hetero) is 2. The van der Waals surface area contributed by atoms with Gasteiger partial charge in [-0.05, 0) is 44.1 Å². The third-order valence-electron chi connectivity index (χ3n) is 9.41. The van der Waals surface area contributed by atoms with Gasteiger partial charge in [0, 0.05) is 97.5 Å². The Labute approximate surface area is 418 Å². The highest BCUT2D eigenvalue weighted by molar-refractivity contribution is 8.77. The zero-order valence-corrected chi connectivity index (χ0v) is 43.3. The monoisotopic (exact) mass is 1080 g/mol. The van der Waals surface area contributed by atoms with E-state index >= 15 is 0 Å². The summed E-state index contributed by atoms with van der Waals surface area (Å²) in [5, 5.41) is 4.02. The molecule has 5 fully saturated rings. The van der Waals surface area contributed by atoms with Gasteiger partial charge in [-0.1, -0.05) is 99.2 Å². The van der Waals surface area contributed by atoms with E-state index in [9.17, 15) is 52.3 Å². The van der Waals surface area contributed by atoms with Crippen molar-refractivity contribution in [3.05, 3.63) is 0 Å². The molecule has 0 aromatic heterocycles. The molecule has 1 aliphatic carbocycles. The predicted octanol–water partition coefficient (Wildman–Crippen LogP) is 6.36. The van der Waals surface area contributed by atoms with E-state index in [2.05, 4.69) is 5.32 Å². The Bertz CT molecular complexity index is 1520. The molecule has 17 nitrogen and oxygen atoms in total. The molecule has 5 amide bonds. The normalized spacial score (nSPS) is 17.8. The minimum atomic E-state index is -1.24. The van der Waals surface area contributed by atoms with E-state index < -0.39 is 54.8 Å². The smallest absolute Gasteiger partial charge is 0.334 e. The van der Waals surface area contributed by atoms with Crippen molar-refractivity contribution < 1.29 is 68.1 Å². The highest BCUT2D eigenvalue weighted by Crippen LogP contribution is 2.37. The minimum Gasteiger partial charge on any atom is -0.446 e. The topological polar surface area (TPSA) is 243 Å². The second kappa shape index (κ2) is 37.1. The Morgan fingerprint density at radius 3 is 1.41 bits per heavy atom. The predicted molar refractivity (Wildman–Crippen MR) is 265 cm³/mol. The Morgan fingerprint density at radius 2 is 1.00 bits per heavy atom. The molecule has 0 atom stereocenters. The van der Waals surface area contributed by atoms with Crippen LogP contribution < -0.4 is 11.1 Å². The molecule has 66 heavy (non-hydrogen) atoms. The van der Waals surface area contributed by atoms with Gasteiger partial charge in [-0.25, -0.2) is 9.59 Å². The lowest BCUT2D eigenvalue weighted by atomic mass is 10.1. The number of hydroxylamine groups is 4. The van der Waals surface area contributed by atoms with Crippen molar-refractivity contribution in [1.82, 2.24) is 15.4 Å². The molecular weight excluding hydrogens is 1020 g/mol. The first-order valence-electron chi connectivity index (χ1n) is 22.2. The number of nitrogens with one attached hydrogen (secondary N) is 1. The molecule has 0 radical (unpaired) electrons. The number of halogens is 1. The Hall–Kier alpha value is -1.81. The lowest BCUT2D eigenvalue weighted by Gasteiger charge is -2.12. The molecule has 1 saturated carbocycles. The molecule has 0 spiro atoms. The van der Waals surface area contributed by atoms with Gasteiger partial charge in [0.15, 0.2) is 11.6 Å². The summed E-state index contributed by atoms with van der Waals surface area (Å²) in [6.45, 7) is 1.61. The van der Waals surface area contributed by atoms with Crippen LogP contribution in [0.4, 0.5) is 4.39 Å². The van der Waals surface area contributed by atoms with Crippen LogP contribution in [0.5, 0.6) is 0 Å². The number of rotatable bonds is 26. The molecule has 0 unspecified atom stereocenters. The Kier molecular flexibility index (Phi) is 32.9. The van der Waals surface area contributed by atoms with E-state index in [1.54, 1.807) is 0 Å². The molecule has 0 aromatic carbocycles. The molecule has 4 heterocycles. The number of ether oxygens (including phenoxy) is 1. The number of ketones is 2. The van der Waals surface area contributed by atoms with Crippen LogP contribution in [-0.4, -0.2) is 142 Å². The highest BCUT2D eigenvalue weighted by Gasteiger charge is 2.36. The summed E-state index contributed by atoms with van der Waals surface area (Å²) >= 11 is 0. The van der Waals surface area contributed by atoms with Gasteiger partial charge in [-0.15, -0.1) is 10.1 Å². The number of esters is 1. The van der Waals surface area contributed by atoms with Crippen molar-refractivity contribution in [3.63, 3.8) is 0 Å². The van der Waals surface area contributed by atoms with Gasteiger partial charge in [0.2, 0.25) is 12.0 Å². The van der Waals surface area contributed by atoms with Gasteiger partial charge in [0.1, 0.15) is 0 Å². The van der Waals surface area contributed by atoms with E-state index in [4.69, 9.17) is 21.5 Å². The lowest BCUT2D eigenvalue weighted by Crippen LogP contribution is -2.32. The van der Waals surface area contributed by atoms with E-state index in [0.29, 0.717) is 39.6 Å². The first-order valence-corrected chi connectivity index (χ1v) is 31.4. The van der Waals surface area contributed by atoms with E-state index in [1.165, 1.54) is 98.3 Å².